The van der Waals surface area contributed by atoms with Crippen LogP contribution in [-0.2, 0) is 15.1 Å². The van der Waals surface area contributed by atoms with Crippen molar-refractivity contribution in [2.75, 3.05) is 6.54 Å². The van der Waals surface area contributed by atoms with Crippen LogP contribution in [0.2, 0.25) is 5.02 Å². The first kappa shape index (κ1) is 16.8. The van der Waals surface area contributed by atoms with Gasteiger partial charge in [-0.1, -0.05) is 36.6 Å². The number of amides is 4. The van der Waals surface area contributed by atoms with Gasteiger partial charge in [0, 0.05) is 11.1 Å². The number of carbonyl (C=O) groups is 3. The average molecular weight is 350 g/mol. The third-order valence-corrected chi connectivity index (χ3v) is 4.97. The summed E-state index contributed by atoms with van der Waals surface area (Å²) in [6.07, 6.45) is 4.11. The number of carbonyl (C=O) groups excluding carboxylic acids is 3. The number of nitrogens with one attached hydrogen (secondary N) is 2. The Bertz CT molecular complexity index is 670. The van der Waals surface area contributed by atoms with Gasteiger partial charge < -0.3 is 10.6 Å². The molecule has 2 fully saturated rings. The first-order chi connectivity index (χ1) is 11.4. The van der Waals surface area contributed by atoms with Gasteiger partial charge in [0.25, 0.3) is 5.91 Å². The van der Waals surface area contributed by atoms with Crippen molar-refractivity contribution in [2.45, 2.75) is 44.2 Å². The van der Waals surface area contributed by atoms with E-state index in [0.717, 1.165) is 30.6 Å². The predicted octanol–water partition coefficient (Wildman–Crippen LogP) is 2.17. The Kier molecular flexibility index (Phi) is 4.49. The summed E-state index contributed by atoms with van der Waals surface area (Å²) < 4.78 is 0. The zero-order chi connectivity index (χ0) is 17.3. The quantitative estimate of drug-likeness (QED) is 0.818. The SMILES string of the molecule is C[C@]1(c2ccc(Cl)cc2)NC(=O)N(CC(=O)NC2CCCC2)C1=O. The molecule has 3 rings (SSSR count). The minimum atomic E-state index is -1.19. The number of nitrogens with zero attached hydrogens (tertiary/aromatic N) is 1. The lowest BCUT2D eigenvalue weighted by Crippen LogP contribution is -2.45. The van der Waals surface area contributed by atoms with Crippen LogP contribution < -0.4 is 10.6 Å². The topological polar surface area (TPSA) is 78.5 Å². The summed E-state index contributed by atoms with van der Waals surface area (Å²) in [6, 6.07) is 6.32. The highest BCUT2D eigenvalue weighted by atomic mass is 35.5. The molecule has 128 valence electrons. The Morgan fingerprint density at radius 2 is 1.92 bits per heavy atom. The smallest absolute Gasteiger partial charge is 0.325 e. The van der Waals surface area contributed by atoms with Crippen LogP contribution in [-0.4, -0.2) is 35.3 Å². The van der Waals surface area contributed by atoms with Gasteiger partial charge in [-0.25, -0.2) is 4.79 Å². The maximum atomic E-state index is 12.7. The third-order valence-electron chi connectivity index (χ3n) is 4.72. The molecule has 0 radical (unpaired) electrons. The number of imide groups is 1. The van der Waals surface area contributed by atoms with Crippen LogP contribution in [0.3, 0.4) is 0 Å². The monoisotopic (exact) mass is 349 g/mol. The molecule has 1 heterocycles. The molecule has 2 N–H and O–H groups in total. The van der Waals surface area contributed by atoms with Crippen LogP contribution in [0.5, 0.6) is 0 Å². The van der Waals surface area contributed by atoms with Crippen LogP contribution in [0.15, 0.2) is 24.3 Å². The molecular weight excluding hydrogens is 330 g/mol. The lowest BCUT2D eigenvalue weighted by molar-refractivity contribution is -0.135. The molecule has 7 heteroatoms. The second-order valence-electron chi connectivity index (χ2n) is 6.50. The molecule has 1 aliphatic carbocycles. The fourth-order valence-electron chi connectivity index (χ4n) is 3.31. The highest BCUT2D eigenvalue weighted by molar-refractivity contribution is 6.30. The Morgan fingerprint density at radius 3 is 2.54 bits per heavy atom. The largest absolute Gasteiger partial charge is 0.352 e. The van der Waals surface area contributed by atoms with Crippen molar-refractivity contribution in [1.82, 2.24) is 15.5 Å². The van der Waals surface area contributed by atoms with E-state index < -0.39 is 17.5 Å². The average Bonchev–Trinajstić information content (AvgIpc) is 3.11. The Balaban J connectivity index is 1.71. The van der Waals surface area contributed by atoms with Gasteiger partial charge in [0.1, 0.15) is 12.1 Å². The van der Waals surface area contributed by atoms with E-state index in [-0.39, 0.29) is 18.5 Å². The molecule has 0 unspecified atom stereocenters. The van der Waals surface area contributed by atoms with E-state index in [9.17, 15) is 14.4 Å². The molecule has 1 aromatic carbocycles. The van der Waals surface area contributed by atoms with Gasteiger partial charge in [-0.3, -0.25) is 14.5 Å². The van der Waals surface area contributed by atoms with Crippen LogP contribution in [0, 0.1) is 0 Å². The summed E-state index contributed by atoms with van der Waals surface area (Å²) in [6.45, 7) is 1.37. The van der Waals surface area contributed by atoms with E-state index in [2.05, 4.69) is 10.6 Å². The Hall–Kier alpha value is -2.08. The van der Waals surface area contributed by atoms with E-state index in [0.29, 0.717) is 10.6 Å². The van der Waals surface area contributed by atoms with Crippen LogP contribution in [0.1, 0.15) is 38.2 Å². The second-order valence-corrected chi connectivity index (χ2v) is 6.94. The van der Waals surface area contributed by atoms with E-state index in [4.69, 9.17) is 11.6 Å². The molecule has 6 nitrogen and oxygen atoms in total. The summed E-state index contributed by atoms with van der Waals surface area (Å²) in [7, 11) is 0. The molecule has 4 amide bonds. The first-order valence-electron chi connectivity index (χ1n) is 8.09. The fourth-order valence-corrected chi connectivity index (χ4v) is 3.43. The van der Waals surface area contributed by atoms with Gasteiger partial charge in [0.15, 0.2) is 0 Å². The van der Waals surface area contributed by atoms with Crippen molar-refractivity contribution in [3.63, 3.8) is 0 Å². The molecular formula is C17H20ClN3O3. The van der Waals surface area contributed by atoms with Crippen molar-refractivity contribution in [3.8, 4) is 0 Å². The van der Waals surface area contributed by atoms with Crippen molar-refractivity contribution >= 4 is 29.4 Å². The minimum absolute atomic E-state index is 0.154. The molecule has 1 aromatic rings. The summed E-state index contributed by atoms with van der Waals surface area (Å²) in [5, 5.41) is 6.12. The summed E-state index contributed by atoms with van der Waals surface area (Å²) >= 11 is 5.87. The number of rotatable bonds is 4. The normalized spacial score (nSPS) is 24.3. The maximum absolute atomic E-state index is 12.7. The number of urea groups is 1. The molecule has 2 aliphatic rings. The highest BCUT2D eigenvalue weighted by Crippen LogP contribution is 2.29. The third kappa shape index (κ3) is 3.11. The first-order valence-corrected chi connectivity index (χ1v) is 8.47. The van der Waals surface area contributed by atoms with Gasteiger partial charge in [0.2, 0.25) is 5.91 Å². The van der Waals surface area contributed by atoms with Crippen molar-refractivity contribution in [2.24, 2.45) is 0 Å². The van der Waals surface area contributed by atoms with Crippen molar-refractivity contribution in [3.05, 3.63) is 34.9 Å². The van der Waals surface area contributed by atoms with Gasteiger partial charge in [-0.15, -0.1) is 0 Å². The minimum Gasteiger partial charge on any atom is -0.352 e. The molecule has 0 spiro atoms. The van der Waals surface area contributed by atoms with E-state index >= 15 is 0 Å². The lowest BCUT2D eigenvalue weighted by atomic mass is 9.92. The fraction of sp³-hybridized carbons (Fsp3) is 0.471. The van der Waals surface area contributed by atoms with Gasteiger partial charge in [-0.05, 0) is 37.5 Å². The van der Waals surface area contributed by atoms with E-state index in [1.165, 1.54) is 0 Å². The van der Waals surface area contributed by atoms with Crippen molar-refractivity contribution in [1.29, 1.82) is 0 Å². The number of hydrogen-bond donors (Lipinski definition) is 2. The van der Waals surface area contributed by atoms with Crippen LogP contribution in [0.25, 0.3) is 0 Å². The standard InChI is InChI=1S/C17H20ClN3O3/c1-17(11-6-8-12(18)9-7-11)15(23)21(16(24)20-17)10-14(22)19-13-4-2-3-5-13/h6-9,13H,2-5,10H2,1H3,(H,19,22)(H,20,24)/t17-/m1/s1. The second kappa shape index (κ2) is 6.43. The van der Waals surface area contributed by atoms with E-state index in [1.807, 2.05) is 0 Å². The van der Waals surface area contributed by atoms with Crippen LogP contribution in [0.4, 0.5) is 4.79 Å². The van der Waals surface area contributed by atoms with Gasteiger partial charge in [0.05, 0.1) is 0 Å². The van der Waals surface area contributed by atoms with Gasteiger partial charge in [-0.2, -0.15) is 0 Å². The number of hydrogen-bond acceptors (Lipinski definition) is 3. The van der Waals surface area contributed by atoms with Crippen LogP contribution >= 0.6 is 11.6 Å². The number of halogens is 1. The van der Waals surface area contributed by atoms with E-state index in [1.54, 1.807) is 31.2 Å². The molecule has 1 aliphatic heterocycles. The lowest BCUT2D eigenvalue weighted by Gasteiger charge is -2.22. The summed E-state index contributed by atoms with van der Waals surface area (Å²) in [4.78, 5) is 38.0. The molecule has 0 bridgehead atoms. The number of benzene rings is 1. The highest BCUT2D eigenvalue weighted by Gasteiger charge is 2.49. The molecule has 24 heavy (non-hydrogen) atoms. The summed E-state index contributed by atoms with van der Waals surface area (Å²) in [5.74, 6) is -0.734. The zero-order valence-corrected chi connectivity index (χ0v) is 14.2. The Morgan fingerprint density at radius 1 is 1.29 bits per heavy atom. The Labute approximate surface area is 145 Å². The maximum Gasteiger partial charge on any atom is 0.325 e. The molecule has 1 saturated heterocycles. The van der Waals surface area contributed by atoms with Gasteiger partial charge >= 0.3 is 6.03 Å². The predicted molar refractivity (Wildman–Crippen MR) is 89.4 cm³/mol. The zero-order valence-electron chi connectivity index (χ0n) is 13.5. The molecule has 1 atom stereocenters. The summed E-state index contributed by atoms with van der Waals surface area (Å²) in [5.41, 5.74) is -0.557. The van der Waals surface area contributed by atoms with Crippen molar-refractivity contribution < 1.29 is 14.4 Å². The molecule has 1 saturated carbocycles. The molecule has 0 aromatic heterocycles.